The van der Waals surface area contributed by atoms with E-state index in [2.05, 4.69) is 0 Å². The Balaban J connectivity index is 2.33. The maximum absolute atomic E-state index is 13.7. The van der Waals surface area contributed by atoms with Crippen molar-refractivity contribution in [1.82, 2.24) is 4.31 Å². The number of benzene rings is 2. The highest BCUT2D eigenvalue weighted by Gasteiger charge is 2.25. The molecule has 3 nitrogen and oxygen atoms in total. The molecule has 21 heavy (non-hydrogen) atoms. The SMILES string of the molecule is Cc1ccccc1CN(C)S(=O)(=O)c1ccc(F)cc1F. The molecule has 0 saturated heterocycles. The lowest BCUT2D eigenvalue weighted by Crippen LogP contribution is -2.27. The third-order valence-electron chi connectivity index (χ3n) is 3.24. The first kappa shape index (κ1) is 15.6. The average Bonchev–Trinajstić information content (AvgIpc) is 2.40. The lowest BCUT2D eigenvalue weighted by atomic mass is 10.1. The minimum absolute atomic E-state index is 0.117. The molecule has 0 unspecified atom stereocenters. The van der Waals surface area contributed by atoms with Crippen LogP contribution < -0.4 is 0 Å². The molecule has 2 aromatic carbocycles. The Morgan fingerprint density at radius 3 is 2.38 bits per heavy atom. The Bertz CT molecular complexity index is 760. The molecular weight excluding hydrogens is 296 g/mol. The highest BCUT2D eigenvalue weighted by molar-refractivity contribution is 7.89. The van der Waals surface area contributed by atoms with Crippen LogP contribution in [0.15, 0.2) is 47.4 Å². The van der Waals surface area contributed by atoms with Crippen LogP contribution in [-0.2, 0) is 16.6 Å². The summed E-state index contributed by atoms with van der Waals surface area (Å²) in [5.74, 6) is -1.90. The van der Waals surface area contributed by atoms with Gasteiger partial charge in [-0.1, -0.05) is 24.3 Å². The molecule has 0 amide bonds. The monoisotopic (exact) mass is 311 g/mol. The topological polar surface area (TPSA) is 37.4 Å². The molecule has 0 aliphatic heterocycles. The van der Waals surface area contributed by atoms with Crippen molar-refractivity contribution < 1.29 is 17.2 Å². The molecule has 0 aliphatic carbocycles. The summed E-state index contributed by atoms with van der Waals surface area (Å²) >= 11 is 0. The summed E-state index contributed by atoms with van der Waals surface area (Å²) in [6, 6.07) is 9.77. The molecule has 0 aliphatic rings. The van der Waals surface area contributed by atoms with Gasteiger partial charge in [-0.3, -0.25) is 0 Å². The molecule has 6 heteroatoms. The lowest BCUT2D eigenvalue weighted by molar-refractivity contribution is 0.458. The smallest absolute Gasteiger partial charge is 0.207 e. The standard InChI is InChI=1S/C15H15F2NO2S/c1-11-5-3-4-6-12(11)10-18(2)21(19,20)15-8-7-13(16)9-14(15)17/h3-9H,10H2,1-2H3. The van der Waals surface area contributed by atoms with Crippen LogP contribution >= 0.6 is 0 Å². The fraction of sp³-hybridized carbons (Fsp3) is 0.200. The zero-order valence-corrected chi connectivity index (χ0v) is 12.5. The van der Waals surface area contributed by atoms with E-state index in [1.165, 1.54) is 7.05 Å². The van der Waals surface area contributed by atoms with Crippen molar-refractivity contribution >= 4 is 10.0 Å². The van der Waals surface area contributed by atoms with Gasteiger partial charge in [-0.25, -0.2) is 17.2 Å². The van der Waals surface area contributed by atoms with E-state index >= 15 is 0 Å². The molecule has 0 spiro atoms. The molecule has 0 fully saturated rings. The molecule has 2 aromatic rings. The first-order valence-corrected chi connectivity index (χ1v) is 7.72. The van der Waals surface area contributed by atoms with Crippen molar-refractivity contribution in [2.24, 2.45) is 0 Å². The molecule has 112 valence electrons. The molecule has 0 heterocycles. The highest BCUT2D eigenvalue weighted by Crippen LogP contribution is 2.21. The Labute approximate surface area is 122 Å². The highest BCUT2D eigenvalue weighted by atomic mass is 32.2. The van der Waals surface area contributed by atoms with Crippen molar-refractivity contribution in [3.05, 3.63) is 65.2 Å². The van der Waals surface area contributed by atoms with E-state index < -0.39 is 26.6 Å². The molecule has 0 bridgehead atoms. The fourth-order valence-corrected chi connectivity index (χ4v) is 3.15. The molecule has 0 aromatic heterocycles. The summed E-state index contributed by atoms with van der Waals surface area (Å²) in [7, 11) is -2.64. The molecule has 0 N–H and O–H groups in total. The summed E-state index contributed by atoms with van der Waals surface area (Å²) in [5, 5.41) is 0. The van der Waals surface area contributed by atoms with E-state index in [0.29, 0.717) is 6.07 Å². The second-order valence-electron chi connectivity index (χ2n) is 4.76. The van der Waals surface area contributed by atoms with E-state index in [-0.39, 0.29) is 6.54 Å². The van der Waals surface area contributed by atoms with E-state index in [1.807, 2.05) is 25.1 Å². The predicted octanol–water partition coefficient (Wildman–Crippen LogP) is 3.09. The Morgan fingerprint density at radius 1 is 1.10 bits per heavy atom. The third kappa shape index (κ3) is 3.28. The van der Waals surface area contributed by atoms with Gasteiger partial charge in [-0.2, -0.15) is 4.31 Å². The molecule has 2 rings (SSSR count). The third-order valence-corrected chi connectivity index (χ3v) is 5.07. The lowest BCUT2D eigenvalue weighted by Gasteiger charge is -2.18. The van der Waals surface area contributed by atoms with Crippen LogP contribution in [0.4, 0.5) is 8.78 Å². The quantitative estimate of drug-likeness (QED) is 0.870. The Hall–Kier alpha value is -1.79. The van der Waals surface area contributed by atoms with E-state index in [9.17, 15) is 17.2 Å². The minimum Gasteiger partial charge on any atom is -0.207 e. The van der Waals surface area contributed by atoms with Crippen LogP contribution in [0.1, 0.15) is 11.1 Å². The second-order valence-corrected chi connectivity index (χ2v) is 6.78. The van der Waals surface area contributed by atoms with Crippen molar-refractivity contribution in [2.75, 3.05) is 7.05 Å². The van der Waals surface area contributed by atoms with Crippen LogP contribution in [0.5, 0.6) is 0 Å². The zero-order chi connectivity index (χ0) is 15.6. The maximum atomic E-state index is 13.7. The number of hydrogen-bond acceptors (Lipinski definition) is 2. The van der Waals surface area contributed by atoms with Gasteiger partial charge in [-0.15, -0.1) is 0 Å². The number of aryl methyl sites for hydroxylation is 1. The van der Waals surface area contributed by atoms with Gasteiger partial charge >= 0.3 is 0 Å². The average molecular weight is 311 g/mol. The Kier molecular flexibility index (Phi) is 4.39. The fourth-order valence-electron chi connectivity index (χ4n) is 1.96. The van der Waals surface area contributed by atoms with Gasteiger partial charge in [0, 0.05) is 19.7 Å². The van der Waals surface area contributed by atoms with Gasteiger partial charge in [0.15, 0.2) is 0 Å². The molecule has 0 atom stereocenters. The van der Waals surface area contributed by atoms with Gasteiger partial charge in [0.05, 0.1) is 0 Å². The number of sulfonamides is 1. The van der Waals surface area contributed by atoms with Crippen LogP contribution in [0.2, 0.25) is 0 Å². The minimum atomic E-state index is -4.01. The maximum Gasteiger partial charge on any atom is 0.246 e. The van der Waals surface area contributed by atoms with Crippen LogP contribution in [0.25, 0.3) is 0 Å². The summed E-state index contributed by atoms with van der Waals surface area (Å²) in [5.41, 5.74) is 1.77. The zero-order valence-electron chi connectivity index (χ0n) is 11.7. The summed E-state index contributed by atoms with van der Waals surface area (Å²) in [4.78, 5) is -0.528. The van der Waals surface area contributed by atoms with Crippen LogP contribution in [0, 0.1) is 18.6 Å². The predicted molar refractivity (Wildman–Crippen MR) is 76.2 cm³/mol. The van der Waals surface area contributed by atoms with Gasteiger partial charge in [0.1, 0.15) is 16.5 Å². The van der Waals surface area contributed by atoms with Gasteiger partial charge < -0.3 is 0 Å². The van der Waals surface area contributed by atoms with Crippen LogP contribution in [0.3, 0.4) is 0 Å². The van der Waals surface area contributed by atoms with E-state index in [0.717, 1.165) is 27.6 Å². The largest absolute Gasteiger partial charge is 0.246 e. The van der Waals surface area contributed by atoms with Gasteiger partial charge in [0.25, 0.3) is 0 Å². The van der Waals surface area contributed by atoms with Crippen molar-refractivity contribution in [3.8, 4) is 0 Å². The number of nitrogens with zero attached hydrogens (tertiary/aromatic N) is 1. The molecular formula is C15H15F2NO2S. The second kappa shape index (κ2) is 5.91. The number of halogens is 2. The summed E-state index contributed by atoms with van der Waals surface area (Å²) < 4.78 is 52.3. The van der Waals surface area contributed by atoms with Crippen molar-refractivity contribution in [1.29, 1.82) is 0 Å². The molecule has 0 saturated carbocycles. The summed E-state index contributed by atoms with van der Waals surface area (Å²) in [6.07, 6.45) is 0. The summed E-state index contributed by atoms with van der Waals surface area (Å²) in [6.45, 7) is 1.99. The van der Waals surface area contributed by atoms with Gasteiger partial charge in [-0.05, 0) is 30.2 Å². The first-order valence-electron chi connectivity index (χ1n) is 6.28. The van der Waals surface area contributed by atoms with Crippen molar-refractivity contribution in [2.45, 2.75) is 18.4 Å². The van der Waals surface area contributed by atoms with Gasteiger partial charge in [0.2, 0.25) is 10.0 Å². The van der Waals surface area contributed by atoms with Crippen molar-refractivity contribution in [3.63, 3.8) is 0 Å². The number of hydrogen-bond donors (Lipinski definition) is 0. The van der Waals surface area contributed by atoms with E-state index in [4.69, 9.17) is 0 Å². The Morgan fingerprint density at radius 2 is 1.76 bits per heavy atom. The number of rotatable bonds is 4. The first-order chi connectivity index (χ1) is 9.82. The molecule has 0 radical (unpaired) electrons. The normalized spacial score (nSPS) is 11.9. The van der Waals surface area contributed by atoms with E-state index in [1.54, 1.807) is 6.07 Å². The van der Waals surface area contributed by atoms with Crippen LogP contribution in [-0.4, -0.2) is 19.8 Å².